The second-order valence-corrected chi connectivity index (χ2v) is 3.96. The summed E-state index contributed by atoms with van der Waals surface area (Å²) in [6.45, 7) is 1.66. The quantitative estimate of drug-likeness (QED) is 0.846. The molecule has 1 aliphatic rings. The summed E-state index contributed by atoms with van der Waals surface area (Å²) in [4.78, 5) is 10.9. The van der Waals surface area contributed by atoms with Crippen LogP contribution in [0.15, 0.2) is 18.2 Å². The predicted molar refractivity (Wildman–Crippen MR) is 57.9 cm³/mol. The number of methoxy groups -OCH3 is 1. The van der Waals surface area contributed by atoms with E-state index >= 15 is 0 Å². The highest BCUT2D eigenvalue weighted by Crippen LogP contribution is 2.34. The van der Waals surface area contributed by atoms with Gasteiger partial charge in [0.15, 0.2) is 0 Å². The van der Waals surface area contributed by atoms with Gasteiger partial charge in [-0.05, 0) is 25.1 Å². The molecule has 1 N–H and O–H groups in total. The zero-order chi connectivity index (χ0) is 11.7. The molecule has 0 saturated heterocycles. The summed E-state index contributed by atoms with van der Waals surface area (Å²) in [5, 5.41) is 8.92. The Bertz CT molecular complexity index is 413. The van der Waals surface area contributed by atoms with Gasteiger partial charge in [0.25, 0.3) is 0 Å². The smallest absolute Gasteiger partial charge is 0.309 e. The van der Waals surface area contributed by atoms with Gasteiger partial charge in [-0.3, -0.25) is 4.79 Å². The highest BCUT2D eigenvalue weighted by Gasteiger charge is 2.31. The lowest BCUT2D eigenvalue weighted by Gasteiger charge is -2.14. The molecular weight excluding hydrogens is 208 g/mol. The first kappa shape index (κ1) is 10.8. The topological polar surface area (TPSA) is 55.8 Å². The molecule has 2 unspecified atom stereocenters. The summed E-state index contributed by atoms with van der Waals surface area (Å²) < 4.78 is 10.7. The highest BCUT2D eigenvalue weighted by atomic mass is 16.5. The van der Waals surface area contributed by atoms with E-state index in [0.29, 0.717) is 6.42 Å². The van der Waals surface area contributed by atoms with Gasteiger partial charge >= 0.3 is 5.97 Å². The number of rotatable bonds is 3. The van der Waals surface area contributed by atoms with Crippen LogP contribution in [0.4, 0.5) is 0 Å². The van der Waals surface area contributed by atoms with Crippen molar-refractivity contribution in [3.8, 4) is 11.5 Å². The molecule has 2 atom stereocenters. The average molecular weight is 222 g/mol. The third kappa shape index (κ3) is 1.83. The van der Waals surface area contributed by atoms with Crippen LogP contribution >= 0.6 is 0 Å². The molecule has 4 nitrogen and oxygen atoms in total. The van der Waals surface area contributed by atoms with Crippen molar-refractivity contribution in [2.24, 2.45) is 5.92 Å². The fourth-order valence-corrected chi connectivity index (χ4v) is 1.82. The summed E-state index contributed by atoms with van der Waals surface area (Å²) in [5.41, 5.74) is 1.01. The van der Waals surface area contributed by atoms with Crippen molar-refractivity contribution in [3.63, 3.8) is 0 Å². The number of carbonyl (C=O) groups is 1. The maximum atomic E-state index is 10.9. The molecule has 0 fully saturated rings. The Kier molecular flexibility index (Phi) is 2.73. The van der Waals surface area contributed by atoms with Crippen molar-refractivity contribution in [2.45, 2.75) is 19.4 Å². The van der Waals surface area contributed by atoms with Crippen LogP contribution in [0.1, 0.15) is 12.5 Å². The van der Waals surface area contributed by atoms with Crippen LogP contribution < -0.4 is 9.47 Å². The zero-order valence-corrected chi connectivity index (χ0v) is 9.27. The van der Waals surface area contributed by atoms with Crippen molar-refractivity contribution >= 4 is 5.97 Å². The van der Waals surface area contributed by atoms with Crippen LogP contribution in [0.3, 0.4) is 0 Å². The first-order valence-electron chi connectivity index (χ1n) is 5.18. The van der Waals surface area contributed by atoms with Crippen molar-refractivity contribution in [1.82, 2.24) is 0 Å². The molecule has 2 rings (SSSR count). The van der Waals surface area contributed by atoms with Crippen molar-refractivity contribution in [3.05, 3.63) is 23.8 Å². The number of carboxylic acids is 1. The first-order chi connectivity index (χ1) is 7.61. The number of benzene rings is 1. The molecule has 1 aliphatic heterocycles. The molecule has 16 heavy (non-hydrogen) atoms. The summed E-state index contributed by atoms with van der Waals surface area (Å²) in [6, 6.07) is 5.53. The molecule has 0 radical (unpaired) electrons. The number of ether oxygens (including phenoxy) is 2. The van der Waals surface area contributed by atoms with Crippen LogP contribution in [0.5, 0.6) is 11.5 Å². The van der Waals surface area contributed by atoms with Gasteiger partial charge in [-0.25, -0.2) is 0 Å². The van der Waals surface area contributed by atoms with Gasteiger partial charge in [0.2, 0.25) is 0 Å². The monoisotopic (exact) mass is 222 g/mol. The SMILES string of the molecule is COc1ccc2c(c1)CC(C(C)C(=O)O)O2. The predicted octanol–water partition coefficient (Wildman–Crippen LogP) is 1.72. The van der Waals surface area contributed by atoms with Crippen molar-refractivity contribution < 1.29 is 19.4 Å². The third-order valence-corrected chi connectivity index (χ3v) is 2.91. The summed E-state index contributed by atoms with van der Waals surface area (Å²) in [6.07, 6.45) is 0.347. The Morgan fingerprint density at radius 3 is 3.00 bits per heavy atom. The summed E-state index contributed by atoms with van der Waals surface area (Å²) in [5.74, 6) is 0.202. The second kappa shape index (κ2) is 4.04. The largest absolute Gasteiger partial charge is 0.497 e. The molecule has 1 heterocycles. The van der Waals surface area contributed by atoms with Gasteiger partial charge in [0, 0.05) is 12.0 Å². The Morgan fingerprint density at radius 1 is 1.62 bits per heavy atom. The van der Waals surface area contributed by atoms with E-state index in [4.69, 9.17) is 14.6 Å². The molecule has 0 aromatic heterocycles. The van der Waals surface area contributed by atoms with Gasteiger partial charge < -0.3 is 14.6 Å². The molecular formula is C12H14O4. The average Bonchev–Trinajstić information content (AvgIpc) is 2.69. The minimum absolute atomic E-state index is 0.278. The molecule has 1 aromatic rings. The zero-order valence-electron chi connectivity index (χ0n) is 9.27. The molecule has 1 aromatic carbocycles. The second-order valence-electron chi connectivity index (χ2n) is 3.96. The number of fused-ring (bicyclic) bond motifs is 1. The number of hydrogen-bond donors (Lipinski definition) is 1. The van der Waals surface area contributed by atoms with Gasteiger partial charge in [-0.1, -0.05) is 0 Å². The van der Waals surface area contributed by atoms with E-state index in [-0.39, 0.29) is 6.10 Å². The first-order valence-corrected chi connectivity index (χ1v) is 5.18. The number of hydrogen-bond acceptors (Lipinski definition) is 3. The molecule has 0 bridgehead atoms. The molecule has 86 valence electrons. The summed E-state index contributed by atoms with van der Waals surface area (Å²) >= 11 is 0. The molecule has 0 saturated carbocycles. The van der Waals surface area contributed by atoms with E-state index in [2.05, 4.69) is 0 Å². The van der Waals surface area contributed by atoms with Crippen LogP contribution in [-0.2, 0) is 11.2 Å². The molecule has 0 spiro atoms. The normalized spacial score (nSPS) is 19.8. The van der Waals surface area contributed by atoms with Gasteiger partial charge in [-0.15, -0.1) is 0 Å². The lowest BCUT2D eigenvalue weighted by molar-refractivity contribution is -0.143. The van der Waals surface area contributed by atoms with Crippen molar-refractivity contribution in [1.29, 1.82) is 0 Å². The van der Waals surface area contributed by atoms with E-state index in [9.17, 15) is 4.79 Å². The lowest BCUT2D eigenvalue weighted by atomic mass is 10.00. The Morgan fingerprint density at radius 2 is 2.38 bits per heavy atom. The maximum Gasteiger partial charge on any atom is 0.309 e. The van der Waals surface area contributed by atoms with Gasteiger partial charge in [-0.2, -0.15) is 0 Å². The Balaban J connectivity index is 2.17. The number of carboxylic acid groups (broad SMARTS) is 1. The van der Waals surface area contributed by atoms with Crippen LogP contribution in [0.25, 0.3) is 0 Å². The van der Waals surface area contributed by atoms with Crippen LogP contribution in [0.2, 0.25) is 0 Å². The van der Waals surface area contributed by atoms with E-state index in [0.717, 1.165) is 17.1 Å². The van der Waals surface area contributed by atoms with E-state index < -0.39 is 11.9 Å². The van der Waals surface area contributed by atoms with E-state index in [1.54, 1.807) is 14.0 Å². The molecule has 0 aliphatic carbocycles. The Hall–Kier alpha value is -1.71. The molecule has 4 heteroatoms. The van der Waals surface area contributed by atoms with Gasteiger partial charge in [0.1, 0.15) is 17.6 Å². The summed E-state index contributed by atoms with van der Waals surface area (Å²) in [7, 11) is 1.61. The minimum atomic E-state index is -0.829. The Labute approximate surface area is 93.8 Å². The van der Waals surface area contributed by atoms with E-state index in [1.807, 2.05) is 18.2 Å². The van der Waals surface area contributed by atoms with E-state index in [1.165, 1.54) is 0 Å². The maximum absolute atomic E-state index is 10.9. The third-order valence-electron chi connectivity index (χ3n) is 2.91. The standard InChI is InChI=1S/C12H14O4/c1-7(12(13)14)11-6-8-5-9(15-2)3-4-10(8)16-11/h3-5,7,11H,6H2,1-2H3,(H,13,14). The lowest BCUT2D eigenvalue weighted by Crippen LogP contribution is -2.29. The van der Waals surface area contributed by atoms with Crippen LogP contribution in [-0.4, -0.2) is 24.3 Å². The molecule has 0 amide bonds. The highest BCUT2D eigenvalue weighted by molar-refractivity contribution is 5.70. The fraction of sp³-hybridized carbons (Fsp3) is 0.417. The van der Waals surface area contributed by atoms with Gasteiger partial charge in [0.05, 0.1) is 13.0 Å². The van der Waals surface area contributed by atoms with Crippen LogP contribution in [0, 0.1) is 5.92 Å². The number of aliphatic carboxylic acids is 1. The van der Waals surface area contributed by atoms with Crippen molar-refractivity contribution in [2.75, 3.05) is 7.11 Å². The minimum Gasteiger partial charge on any atom is -0.497 e. The fourth-order valence-electron chi connectivity index (χ4n) is 1.82.